The first-order valence-electron chi connectivity index (χ1n) is 5.25. The summed E-state index contributed by atoms with van der Waals surface area (Å²) in [4.78, 5) is 4.34. The van der Waals surface area contributed by atoms with Gasteiger partial charge in [-0.25, -0.2) is 4.98 Å². The van der Waals surface area contributed by atoms with Crippen molar-refractivity contribution in [1.29, 1.82) is 0 Å². The quantitative estimate of drug-likeness (QED) is 0.881. The lowest BCUT2D eigenvalue weighted by Crippen LogP contribution is -2.18. The Hall–Kier alpha value is -0.880. The highest BCUT2D eigenvalue weighted by molar-refractivity contribution is 14.1. The van der Waals surface area contributed by atoms with Crippen LogP contribution < -0.4 is 5.73 Å². The third-order valence-corrected chi connectivity index (χ3v) is 3.59. The summed E-state index contributed by atoms with van der Waals surface area (Å²) in [6.45, 7) is 2.99. The molecule has 1 atom stereocenters. The summed E-state index contributed by atoms with van der Waals surface area (Å²) in [5.74, 6) is 0.923. The van der Waals surface area contributed by atoms with Crippen molar-refractivity contribution in [3.8, 4) is 0 Å². The van der Waals surface area contributed by atoms with Gasteiger partial charge in [-0.15, -0.1) is 0 Å². The molecule has 16 heavy (non-hydrogen) atoms. The molecule has 84 valence electrons. The second-order valence-corrected chi connectivity index (χ2v) is 4.73. The second kappa shape index (κ2) is 4.97. The summed E-state index contributed by atoms with van der Waals surface area (Å²) in [5.41, 5.74) is 7.38. The lowest BCUT2D eigenvalue weighted by molar-refractivity contribution is 0.655. The third kappa shape index (κ3) is 2.12. The van der Waals surface area contributed by atoms with Crippen LogP contribution in [-0.4, -0.2) is 9.55 Å². The molecule has 2 N–H and O–H groups in total. The van der Waals surface area contributed by atoms with Crippen molar-refractivity contribution >= 4 is 22.6 Å². The molecule has 0 aliphatic heterocycles. The minimum Gasteiger partial charge on any atom is -0.334 e. The van der Waals surface area contributed by atoms with Crippen LogP contribution in [0.3, 0.4) is 0 Å². The fourth-order valence-electron chi connectivity index (χ4n) is 1.73. The van der Waals surface area contributed by atoms with Crippen LogP contribution in [0.25, 0.3) is 0 Å². The first-order valence-corrected chi connectivity index (χ1v) is 6.33. The minimum absolute atomic E-state index is 0.150. The molecule has 0 fully saturated rings. The average molecular weight is 327 g/mol. The van der Waals surface area contributed by atoms with Gasteiger partial charge in [-0.1, -0.05) is 18.2 Å². The summed E-state index contributed by atoms with van der Waals surface area (Å²) < 4.78 is 3.26. The van der Waals surface area contributed by atoms with Gasteiger partial charge in [-0.2, -0.15) is 0 Å². The Morgan fingerprint density at radius 2 is 2.19 bits per heavy atom. The fraction of sp³-hybridized carbons (Fsp3) is 0.250. The van der Waals surface area contributed by atoms with Crippen molar-refractivity contribution in [2.75, 3.05) is 0 Å². The van der Waals surface area contributed by atoms with Crippen LogP contribution in [0.15, 0.2) is 36.7 Å². The van der Waals surface area contributed by atoms with Crippen molar-refractivity contribution in [2.45, 2.75) is 19.5 Å². The number of aryl methyl sites for hydroxylation is 1. The zero-order valence-electron chi connectivity index (χ0n) is 9.10. The molecule has 1 aromatic carbocycles. The van der Waals surface area contributed by atoms with Gasteiger partial charge in [0.25, 0.3) is 0 Å². The molecule has 3 nitrogen and oxygen atoms in total. The average Bonchev–Trinajstić information content (AvgIpc) is 2.77. The zero-order chi connectivity index (χ0) is 11.5. The number of nitrogens with two attached hydrogens (primary N) is 1. The molecule has 0 aliphatic rings. The molecule has 1 aromatic heterocycles. The Bertz CT molecular complexity index is 479. The monoisotopic (exact) mass is 327 g/mol. The molecule has 0 amide bonds. The van der Waals surface area contributed by atoms with E-state index in [1.54, 1.807) is 6.20 Å². The highest BCUT2D eigenvalue weighted by Crippen LogP contribution is 2.22. The number of rotatable bonds is 3. The zero-order valence-corrected chi connectivity index (χ0v) is 11.3. The molecule has 0 aliphatic carbocycles. The number of hydrogen-bond acceptors (Lipinski definition) is 2. The van der Waals surface area contributed by atoms with E-state index < -0.39 is 0 Å². The van der Waals surface area contributed by atoms with Crippen LogP contribution >= 0.6 is 22.6 Å². The largest absolute Gasteiger partial charge is 0.334 e. The fourth-order valence-corrected chi connectivity index (χ4v) is 2.46. The maximum absolute atomic E-state index is 6.25. The molecule has 0 spiro atoms. The van der Waals surface area contributed by atoms with Crippen molar-refractivity contribution in [3.05, 3.63) is 51.6 Å². The summed E-state index contributed by atoms with van der Waals surface area (Å²) in [6.07, 6.45) is 3.76. The van der Waals surface area contributed by atoms with Crippen molar-refractivity contribution in [3.63, 3.8) is 0 Å². The van der Waals surface area contributed by atoms with Gasteiger partial charge in [0.1, 0.15) is 5.82 Å². The number of hydrogen-bond donors (Lipinski definition) is 1. The highest BCUT2D eigenvalue weighted by Gasteiger charge is 2.15. The molecule has 0 radical (unpaired) electrons. The maximum atomic E-state index is 6.25. The topological polar surface area (TPSA) is 43.8 Å². The molecule has 1 unspecified atom stereocenters. The van der Waals surface area contributed by atoms with E-state index >= 15 is 0 Å². The van der Waals surface area contributed by atoms with Crippen molar-refractivity contribution < 1.29 is 0 Å². The number of imidazole rings is 1. The first-order chi connectivity index (χ1) is 7.74. The molecule has 0 bridgehead atoms. The van der Waals surface area contributed by atoms with Crippen LogP contribution in [0, 0.1) is 3.57 Å². The van der Waals surface area contributed by atoms with Crippen LogP contribution in [0.1, 0.15) is 24.4 Å². The van der Waals surface area contributed by atoms with E-state index in [0.717, 1.165) is 17.9 Å². The maximum Gasteiger partial charge on any atom is 0.130 e. The van der Waals surface area contributed by atoms with Crippen LogP contribution in [-0.2, 0) is 6.54 Å². The van der Waals surface area contributed by atoms with Crippen molar-refractivity contribution in [2.24, 2.45) is 5.73 Å². The van der Waals surface area contributed by atoms with Gasteiger partial charge in [0, 0.05) is 22.5 Å². The van der Waals surface area contributed by atoms with E-state index in [9.17, 15) is 0 Å². The van der Waals surface area contributed by atoms with E-state index in [0.29, 0.717) is 0 Å². The van der Waals surface area contributed by atoms with E-state index in [1.165, 1.54) is 3.57 Å². The Kier molecular flexibility index (Phi) is 3.60. The minimum atomic E-state index is -0.150. The Morgan fingerprint density at radius 1 is 1.44 bits per heavy atom. The van der Waals surface area contributed by atoms with E-state index in [4.69, 9.17) is 5.73 Å². The molecule has 4 heteroatoms. The van der Waals surface area contributed by atoms with E-state index in [1.807, 2.05) is 18.3 Å². The number of halogens is 1. The molecular weight excluding hydrogens is 313 g/mol. The predicted molar refractivity (Wildman–Crippen MR) is 73.1 cm³/mol. The Balaban J connectivity index is 2.39. The van der Waals surface area contributed by atoms with Gasteiger partial charge in [0.15, 0.2) is 0 Å². The van der Waals surface area contributed by atoms with E-state index in [-0.39, 0.29) is 6.04 Å². The molecule has 0 saturated carbocycles. The second-order valence-electron chi connectivity index (χ2n) is 3.57. The number of aromatic nitrogens is 2. The first kappa shape index (κ1) is 11.6. The normalized spacial score (nSPS) is 12.7. The van der Waals surface area contributed by atoms with E-state index in [2.05, 4.69) is 51.2 Å². The predicted octanol–water partition coefficient (Wildman–Crippen LogP) is 2.56. The summed E-state index contributed by atoms with van der Waals surface area (Å²) in [5, 5.41) is 0. The van der Waals surface area contributed by atoms with Gasteiger partial charge in [-0.05, 0) is 41.1 Å². The number of benzene rings is 1. The Morgan fingerprint density at radius 3 is 2.88 bits per heavy atom. The summed E-state index contributed by atoms with van der Waals surface area (Å²) >= 11 is 2.31. The van der Waals surface area contributed by atoms with Gasteiger partial charge >= 0.3 is 0 Å². The highest BCUT2D eigenvalue weighted by atomic mass is 127. The molecule has 2 aromatic rings. The third-order valence-electron chi connectivity index (χ3n) is 2.61. The lowest BCUT2D eigenvalue weighted by Gasteiger charge is -2.14. The lowest BCUT2D eigenvalue weighted by atomic mass is 10.1. The van der Waals surface area contributed by atoms with Gasteiger partial charge < -0.3 is 10.3 Å². The van der Waals surface area contributed by atoms with Crippen LogP contribution in [0.5, 0.6) is 0 Å². The van der Waals surface area contributed by atoms with Gasteiger partial charge in [0.05, 0.1) is 6.04 Å². The molecule has 0 saturated heterocycles. The van der Waals surface area contributed by atoms with Gasteiger partial charge in [0.2, 0.25) is 0 Å². The SMILES string of the molecule is CCn1ccnc1C(N)c1ccccc1I. The standard InChI is InChI=1S/C12H14IN3/c1-2-16-8-7-15-12(16)11(14)9-5-3-4-6-10(9)13/h3-8,11H,2,14H2,1H3. The van der Waals surface area contributed by atoms with Gasteiger partial charge in [-0.3, -0.25) is 0 Å². The van der Waals surface area contributed by atoms with Crippen molar-refractivity contribution in [1.82, 2.24) is 9.55 Å². The molecular formula is C12H14IN3. The smallest absolute Gasteiger partial charge is 0.130 e. The number of nitrogens with zero attached hydrogens (tertiary/aromatic N) is 2. The molecule has 2 rings (SSSR count). The summed E-state index contributed by atoms with van der Waals surface area (Å²) in [7, 11) is 0. The Labute approximate surface area is 109 Å². The summed E-state index contributed by atoms with van der Waals surface area (Å²) in [6, 6.07) is 8.00. The van der Waals surface area contributed by atoms with Crippen LogP contribution in [0.4, 0.5) is 0 Å². The molecule has 1 heterocycles. The van der Waals surface area contributed by atoms with Crippen LogP contribution in [0.2, 0.25) is 0 Å².